The van der Waals surface area contributed by atoms with Crippen molar-refractivity contribution < 1.29 is 31.8 Å². The third-order valence-electron chi connectivity index (χ3n) is 5.29. The number of carbonyl (C=O) groups is 1. The Morgan fingerprint density at radius 1 is 1.06 bits per heavy atom. The quantitative estimate of drug-likeness (QED) is 0.247. The molecular weight excluding hydrogens is 426 g/mol. The van der Waals surface area contributed by atoms with Crippen molar-refractivity contribution in [3.05, 3.63) is 77.1 Å². The molecule has 2 aromatic carbocycles. The molecule has 0 amide bonds. The lowest BCUT2D eigenvalue weighted by atomic mass is 9.98. The van der Waals surface area contributed by atoms with E-state index in [-0.39, 0.29) is 35.2 Å². The Labute approximate surface area is 184 Å². The van der Waals surface area contributed by atoms with Crippen molar-refractivity contribution in [3.8, 4) is 0 Å². The van der Waals surface area contributed by atoms with Crippen LogP contribution in [0.1, 0.15) is 30.9 Å². The summed E-state index contributed by atoms with van der Waals surface area (Å²) in [7, 11) is 0. The molecule has 1 saturated heterocycles. The van der Waals surface area contributed by atoms with E-state index in [0.717, 1.165) is 31.5 Å². The van der Waals surface area contributed by atoms with Crippen LogP contribution < -0.4 is 0 Å². The van der Waals surface area contributed by atoms with Crippen LogP contribution in [-0.2, 0) is 14.3 Å². The van der Waals surface area contributed by atoms with Gasteiger partial charge in [-0.2, -0.15) is 0 Å². The maximum atomic E-state index is 14.4. The van der Waals surface area contributed by atoms with Gasteiger partial charge in [-0.05, 0) is 50.6 Å². The number of nitrogens with zero attached hydrogens (tertiary/aromatic N) is 1. The highest BCUT2D eigenvalue weighted by atomic mass is 19.1. The van der Waals surface area contributed by atoms with Crippen LogP contribution in [0.15, 0.2) is 42.7 Å². The molecule has 0 radical (unpaired) electrons. The summed E-state index contributed by atoms with van der Waals surface area (Å²) in [5.74, 6) is -3.72. The van der Waals surface area contributed by atoms with Crippen LogP contribution in [0.5, 0.6) is 0 Å². The number of likely N-dealkylation sites (tertiary alicyclic amines) is 1. The van der Waals surface area contributed by atoms with Gasteiger partial charge in [0.05, 0.1) is 18.8 Å². The van der Waals surface area contributed by atoms with Crippen molar-refractivity contribution in [3.63, 3.8) is 0 Å². The third-order valence-corrected chi connectivity index (χ3v) is 5.29. The first-order valence-corrected chi connectivity index (χ1v) is 10.5. The molecule has 0 aromatic heterocycles. The van der Waals surface area contributed by atoms with Crippen molar-refractivity contribution in [2.75, 3.05) is 32.8 Å². The van der Waals surface area contributed by atoms with E-state index in [4.69, 9.17) is 9.47 Å². The monoisotopic (exact) mass is 451 g/mol. The van der Waals surface area contributed by atoms with E-state index in [1.165, 1.54) is 18.4 Å². The van der Waals surface area contributed by atoms with Gasteiger partial charge in [0.1, 0.15) is 29.9 Å². The molecule has 3 rings (SSSR count). The van der Waals surface area contributed by atoms with Crippen molar-refractivity contribution in [1.29, 1.82) is 0 Å². The standard InChI is InChI=1S/C24H25F4NO3/c1-2-32-24(30)16-4-3-9-29(14-16)10-11-31-15-21(19-7-5-17(25)12-22(19)27)20-8-6-18(26)13-23(20)28/h5-8,12-13,15-16H,2-4,9-11,14H2,1H3/t16-/m1/s1. The fourth-order valence-electron chi connectivity index (χ4n) is 3.72. The van der Waals surface area contributed by atoms with Crippen LogP contribution in [0.4, 0.5) is 17.6 Å². The Hall–Kier alpha value is -2.87. The highest BCUT2D eigenvalue weighted by molar-refractivity contribution is 5.79. The molecular formula is C24H25F4NO3. The summed E-state index contributed by atoms with van der Waals surface area (Å²) in [5.41, 5.74) is -0.113. The van der Waals surface area contributed by atoms with Crippen molar-refractivity contribution in [2.24, 2.45) is 5.92 Å². The summed E-state index contributed by atoms with van der Waals surface area (Å²) in [6, 6.07) is 5.84. The van der Waals surface area contributed by atoms with Gasteiger partial charge in [-0.15, -0.1) is 0 Å². The maximum Gasteiger partial charge on any atom is 0.310 e. The van der Waals surface area contributed by atoms with Crippen molar-refractivity contribution in [2.45, 2.75) is 19.8 Å². The smallest absolute Gasteiger partial charge is 0.310 e. The van der Waals surface area contributed by atoms with Crippen LogP contribution in [-0.4, -0.2) is 43.7 Å². The van der Waals surface area contributed by atoms with Crippen LogP contribution in [0, 0.1) is 29.2 Å². The first kappa shape index (κ1) is 23.8. The van der Waals surface area contributed by atoms with E-state index in [1.54, 1.807) is 6.92 Å². The number of esters is 1. The van der Waals surface area contributed by atoms with Gasteiger partial charge in [-0.3, -0.25) is 9.69 Å². The fraction of sp³-hybridized carbons (Fsp3) is 0.375. The van der Waals surface area contributed by atoms with Gasteiger partial charge >= 0.3 is 5.97 Å². The minimum atomic E-state index is -0.892. The Morgan fingerprint density at radius 2 is 1.69 bits per heavy atom. The van der Waals surface area contributed by atoms with Crippen molar-refractivity contribution >= 4 is 11.5 Å². The van der Waals surface area contributed by atoms with Gasteiger partial charge in [0, 0.05) is 41.9 Å². The van der Waals surface area contributed by atoms with E-state index in [1.807, 2.05) is 0 Å². The zero-order valence-electron chi connectivity index (χ0n) is 17.8. The number of carbonyl (C=O) groups excluding carboxylic acids is 1. The molecule has 172 valence electrons. The van der Waals surface area contributed by atoms with E-state index in [0.29, 0.717) is 31.8 Å². The second-order valence-electron chi connectivity index (χ2n) is 7.54. The molecule has 0 spiro atoms. The summed E-state index contributed by atoms with van der Waals surface area (Å²) in [5, 5.41) is 0. The number of ether oxygens (including phenoxy) is 2. The lowest BCUT2D eigenvalue weighted by Gasteiger charge is -2.31. The Morgan fingerprint density at radius 3 is 2.25 bits per heavy atom. The maximum absolute atomic E-state index is 14.4. The first-order chi connectivity index (χ1) is 15.4. The van der Waals surface area contributed by atoms with E-state index < -0.39 is 23.3 Å². The van der Waals surface area contributed by atoms with Gasteiger partial charge in [0.15, 0.2) is 0 Å². The van der Waals surface area contributed by atoms with Crippen LogP contribution in [0.25, 0.3) is 5.57 Å². The predicted molar refractivity (Wildman–Crippen MR) is 112 cm³/mol. The normalized spacial score (nSPS) is 16.5. The SMILES string of the molecule is CCOC(=O)[C@@H]1CCCN(CCOC=C(c2ccc(F)cc2F)c2ccc(F)cc2F)C1. The Balaban J connectivity index is 1.72. The summed E-state index contributed by atoms with van der Waals surface area (Å²) in [6.07, 6.45) is 2.82. The fourth-order valence-corrected chi connectivity index (χ4v) is 3.72. The highest BCUT2D eigenvalue weighted by Crippen LogP contribution is 2.29. The van der Waals surface area contributed by atoms with Gasteiger partial charge < -0.3 is 9.47 Å². The molecule has 1 aliphatic rings. The summed E-state index contributed by atoms with van der Waals surface area (Å²) < 4.78 is 66.1. The lowest BCUT2D eigenvalue weighted by Crippen LogP contribution is -2.40. The molecule has 8 heteroatoms. The van der Waals surface area contributed by atoms with Crippen molar-refractivity contribution in [1.82, 2.24) is 4.90 Å². The number of rotatable bonds is 8. The van der Waals surface area contributed by atoms with Gasteiger partial charge in [-0.1, -0.05) is 0 Å². The number of hydrogen-bond donors (Lipinski definition) is 0. The summed E-state index contributed by atoms with van der Waals surface area (Å²) >= 11 is 0. The van der Waals surface area contributed by atoms with E-state index in [9.17, 15) is 22.4 Å². The second kappa shape index (κ2) is 11.1. The molecule has 0 saturated carbocycles. The van der Waals surface area contributed by atoms with Crippen LogP contribution >= 0.6 is 0 Å². The number of benzene rings is 2. The molecule has 2 aromatic rings. The van der Waals surface area contributed by atoms with Gasteiger partial charge in [-0.25, -0.2) is 17.6 Å². The van der Waals surface area contributed by atoms with Crippen LogP contribution in [0.3, 0.4) is 0 Å². The van der Waals surface area contributed by atoms with E-state index >= 15 is 0 Å². The second-order valence-corrected chi connectivity index (χ2v) is 7.54. The Bertz CT molecular complexity index is 926. The largest absolute Gasteiger partial charge is 0.499 e. The zero-order valence-corrected chi connectivity index (χ0v) is 17.8. The molecule has 0 bridgehead atoms. The summed E-state index contributed by atoms with van der Waals surface area (Å²) in [6.45, 7) is 4.16. The predicted octanol–water partition coefficient (Wildman–Crippen LogP) is 4.92. The van der Waals surface area contributed by atoms with Crippen LogP contribution in [0.2, 0.25) is 0 Å². The zero-order chi connectivity index (χ0) is 23.1. The number of piperidine rings is 1. The number of halogens is 4. The number of hydrogen-bond acceptors (Lipinski definition) is 4. The average Bonchev–Trinajstić information content (AvgIpc) is 2.75. The van der Waals surface area contributed by atoms with E-state index in [2.05, 4.69) is 4.90 Å². The molecule has 1 aliphatic heterocycles. The molecule has 32 heavy (non-hydrogen) atoms. The van der Waals surface area contributed by atoms with Gasteiger partial charge in [0.2, 0.25) is 0 Å². The third kappa shape index (κ3) is 6.09. The summed E-state index contributed by atoms with van der Waals surface area (Å²) in [4.78, 5) is 14.0. The average molecular weight is 451 g/mol. The minimum Gasteiger partial charge on any atom is -0.499 e. The first-order valence-electron chi connectivity index (χ1n) is 10.5. The minimum absolute atomic E-state index is 0.0306. The Kier molecular flexibility index (Phi) is 8.27. The molecule has 4 nitrogen and oxygen atoms in total. The molecule has 0 aliphatic carbocycles. The highest BCUT2D eigenvalue weighted by Gasteiger charge is 2.26. The molecule has 1 atom stereocenters. The lowest BCUT2D eigenvalue weighted by molar-refractivity contribution is -0.150. The van der Waals surface area contributed by atoms with Gasteiger partial charge in [0.25, 0.3) is 0 Å². The molecule has 1 fully saturated rings. The molecule has 0 N–H and O–H groups in total. The molecule has 0 unspecified atom stereocenters. The topological polar surface area (TPSA) is 38.8 Å². The molecule has 1 heterocycles.